The van der Waals surface area contributed by atoms with Crippen molar-refractivity contribution in [1.82, 2.24) is 4.90 Å². The second-order valence-electron chi connectivity index (χ2n) is 5.00. The third-order valence-electron chi connectivity index (χ3n) is 3.44. The number of hydrogen-bond donors (Lipinski definition) is 0. The molecule has 0 radical (unpaired) electrons. The molecule has 0 atom stereocenters. The van der Waals surface area contributed by atoms with Crippen LogP contribution in [0.5, 0.6) is 0 Å². The lowest BCUT2D eigenvalue weighted by Gasteiger charge is -2.24. The maximum Gasteiger partial charge on any atom is 0.124 e. The number of rotatable bonds is 2. The van der Waals surface area contributed by atoms with E-state index in [2.05, 4.69) is 4.90 Å². The molecule has 2 rings (SSSR count). The van der Waals surface area contributed by atoms with Crippen LogP contribution in [0.25, 0.3) is 0 Å². The zero-order valence-electron chi connectivity index (χ0n) is 10.7. The van der Waals surface area contributed by atoms with Gasteiger partial charge in [0.05, 0.1) is 11.6 Å². The molecule has 1 aromatic rings. The van der Waals surface area contributed by atoms with E-state index < -0.39 is 0 Å². The van der Waals surface area contributed by atoms with Crippen molar-refractivity contribution in [3.63, 3.8) is 0 Å². The molecule has 18 heavy (non-hydrogen) atoms. The zero-order chi connectivity index (χ0) is 12.8. The molecular formula is C15H19FN2. The van der Waals surface area contributed by atoms with Gasteiger partial charge in [0.1, 0.15) is 5.82 Å². The minimum Gasteiger partial charge on any atom is -0.299 e. The number of likely N-dealkylation sites (tertiary alicyclic amines) is 1. The van der Waals surface area contributed by atoms with Crippen LogP contribution < -0.4 is 0 Å². The summed E-state index contributed by atoms with van der Waals surface area (Å²) in [5.41, 5.74) is 1.32. The van der Waals surface area contributed by atoms with E-state index in [-0.39, 0.29) is 5.82 Å². The molecule has 1 aliphatic rings. The topological polar surface area (TPSA) is 27.0 Å². The summed E-state index contributed by atoms with van der Waals surface area (Å²) in [6.07, 6.45) is 6.37. The van der Waals surface area contributed by atoms with E-state index in [1.54, 1.807) is 12.1 Å². The molecule has 1 heterocycles. The quantitative estimate of drug-likeness (QED) is 0.799. The average Bonchev–Trinajstić information content (AvgIpc) is 2.31. The van der Waals surface area contributed by atoms with Gasteiger partial charge in [0.15, 0.2) is 0 Å². The number of halogens is 1. The van der Waals surface area contributed by atoms with Gasteiger partial charge in [0, 0.05) is 6.54 Å². The smallest absolute Gasteiger partial charge is 0.124 e. The number of nitrogens with zero attached hydrogens (tertiary/aromatic N) is 2. The molecule has 1 fully saturated rings. The molecule has 1 saturated heterocycles. The third kappa shape index (κ3) is 3.82. The van der Waals surface area contributed by atoms with E-state index in [0.29, 0.717) is 5.56 Å². The maximum absolute atomic E-state index is 13.3. The minimum atomic E-state index is -0.309. The van der Waals surface area contributed by atoms with Crippen LogP contribution in [0, 0.1) is 17.1 Å². The normalized spacial score (nSPS) is 17.8. The fraction of sp³-hybridized carbons (Fsp3) is 0.533. The van der Waals surface area contributed by atoms with E-state index in [4.69, 9.17) is 5.26 Å². The van der Waals surface area contributed by atoms with E-state index in [1.807, 2.05) is 6.07 Å². The summed E-state index contributed by atoms with van der Waals surface area (Å²) in [7, 11) is 0. The molecular weight excluding hydrogens is 227 g/mol. The molecule has 0 spiro atoms. The van der Waals surface area contributed by atoms with Gasteiger partial charge in [-0.15, -0.1) is 0 Å². The van der Waals surface area contributed by atoms with Crippen molar-refractivity contribution in [1.29, 1.82) is 5.26 Å². The summed E-state index contributed by atoms with van der Waals surface area (Å²) in [6, 6.07) is 6.63. The van der Waals surface area contributed by atoms with Gasteiger partial charge in [-0.2, -0.15) is 5.26 Å². The molecule has 2 nitrogen and oxygen atoms in total. The molecule has 0 unspecified atom stereocenters. The predicted molar refractivity (Wildman–Crippen MR) is 69.5 cm³/mol. The standard InChI is InChI=1S/C15H19FN2/c16-15-9-13(11-17)8-14(10-15)12-18-6-4-2-1-3-5-7-18/h8-10H,1-7,12H2. The highest BCUT2D eigenvalue weighted by Crippen LogP contribution is 2.15. The molecule has 1 aromatic carbocycles. The predicted octanol–water partition coefficient (Wildman–Crippen LogP) is 3.46. The van der Waals surface area contributed by atoms with Crippen LogP contribution >= 0.6 is 0 Å². The van der Waals surface area contributed by atoms with Crippen molar-refractivity contribution in [2.75, 3.05) is 13.1 Å². The van der Waals surface area contributed by atoms with Gasteiger partial charge in [-0.3, -0.25) is 4.90 Å². The van der Waals surface area contributed by atoms with E-state index in [0.717, 1.165) is 25.2 Å². The molecule has 0 amide bonds. The second-order valence-corrected chi connectivity index (χ2v) is 5.00. The molecule has 1 aliphatic heterocycles. The van der Waals surface area contributed by atoms with Gasteiger partial charge < -0.3 is 0 Å². The minimum absolute atomic E-state index is 0.309. The molecule has 0 bridgehead atoms. The van der Waals surface area contributed by atoms with Crippen molar-refractivity contribution in [2.45, 2.75) is 38.6 Å². The van der Waals surface area contributed by atoms with Crippen LogP contribution in [0.2, 0.25) is 0 Å². The third-order valence-corrected chi connectivity index (χ3v) is 3.44. The molecule has 0 saturated carbocycles. The van der Waals surface area contributed by atoms with E-state index >= 15 is 0 Å². The van der Waals surface area contributed by atoms with Crippen molar-refractivity contribution < 1.29 is 4.39 Å². The summed E-state index contributed by atoms with van der Waals surface area (Å²) in [6.45, 7) is 2.92. The molecule has 0 N–H and O–H groups in total. The lowest BCUT2D eigenvalue weighted by atomic mass is 10.1. The van der Waals surface area contributed by atoms with Crippen molar-refractivity contribution in [3.8, 4) is 6.07 Å². The fourth-order valence-electron chi connectivity index (χ4n) is 2.54. The summed E-state index contributed by atoms with van der Waals surface area (Å²) < 4.78 is 13.3. The van der Waals surface area contributed by atoms with Gasteiger partial charge in [-0.25, -0.2) is 4.39 Å². The SMILES string of the molecule is N#Cc1cc(F)cc(CN2CCCCCCC2)c1. The molecule has 96 valence electrons. The largest absolute Gasteiger partial charge is 0.299 e. The van der Waals surface area contributed by atoms with Crippen LogP contribution in [-0.2, 0) is 6.54 Å². The van der Waals surface area contributed by atoms with Crippen molar-refractivity contribution in [3.05, 3.63) is 35.1 Å². The Labute approximate surface area is 108 Å². The highest BCUT2D eigenvalue weighted by atomic mass is 19.1. The molecule has 0 aromatic heterocycles. The summed E-state index contributed by atoms with van der Waals surface area (Å²) in [5, 5.41) is 8.84. The first-order valence-electron chi connectivity index (χ1n) is 6.70. The van der Waals surface area contributed by atoms with Gasteiger partial charge in [0.25, 0.3) is 0 Å². The summed E-state index contributed by atoms with van der Waals surface area (Å²) in [4.78, 5) is 2.37. The number of benzene rings is 1. The molecule has 0 aliphatic carbocycles. The summed E-state index contributed by atoms with van der Waals surface area (Å²) >= 11 is 0. The van der Waals surface area contributed by atoms with E-state index in [1.165, 1.54) is 38.2 Å². The van der Waals surface area contributed by atoms with Crippen LogP contribution in [-0.4, -0.2) is 18.0 Å². The van der Waals surface area contributed by atoms with E-state index in [9.17, 15) is 4.39 Å². The van der Waals surface area contributed by atoms with Gasteiger partial charge in [0.2, 0.25) is 0 Å². The Bertz CT molecular complexity index is 429. The highest BCUT2D eigenvalue weighted by Gasteiger charge is 2.10. The highest BCUT2D eigenvalue weighted by molar-refractivity contribution is 5.33. The second kappa shape index (κ2) is 6.51. The lowest BCUT2D eigenvalue weighted by Crippen LogP contribution is -2.26. The first-order chi connectivity index (χ1) is 8.78. The van der Waals surface area contributed by atoms with Crippen LogP contribution in [0.4, 0.5) is 4.39 Å². The van der Waals surface area contributed by atoms with Crippen molar-refractivity contribution in [2.24, 2.45) is 0 Å². The number of nitriles is 1. The average molecular weight is 246 g/mol. The van der Waals surface area contributed by atoms with Gasteiger partial charge >= 0.3 is 0 Å². The zero-order valence-corrected chi connectivity index (χ0v) is 10.7. The van der Waals surface area contributed by atoms with Gasteiger partial charge in [-0.1, -0.05) is 19.3 Å². The fourth-order valence-corrected chi connectivity index (χ4v) is 2.54. The van der Waals surface area contributed by atoms with Crippen LogP contribution in [0.3, 0.4) is 0 Å². The summed E-state index contributed by atoms with van der Waals surface area (Å²) in [5.74, 6) is -0.309. The van der Waals surface area contributed by atoms with Crippen LogP contribution in [0.15, 0.2) is 18.2 Å². The monoisotopic (exact) mass is 246 g/mol. The van der Waals surface area contributed by atoms with Crippen LogP contribution in [0.1, 0.15) is 43.2 Å². The maximum atomic E-state index is 13.3. The Kier molecular flexibility index (Phi) is 4.72. The first kappa shape index (κ1) is 13.0. The first-order valence-corrected chi connectivity index (χ1v) is 6.70. The Morgan fingerprint density at radius 3 is 2.39 bits per heavy atom. The van der Waals surface area contributed by atoms with Crippen molar-refractivity contribution >= 4 is 0 Å². The Morgan fingerprint density at radius 2 is 1.72 bits per heavy atom. The Morgan fingerprint density at radius 1 is 1.06 bits per heavy atom. The Balaban J connectivity index is 2.03. The molecule has 3 heteroatoms. The lowest BCUT2D eigenvalue weighted by molar-refractivity contribution is 0.239. The van der Waals surface area contributed by atoms with Gasteiger partial charge in [-0.05, 0) is 49.7 Å². The Hall–Kier alpha value is -1.40. The number of hydrogen-bond acceptors (Lipinski definition) is 2.